The zero-order valence-corrected chi connectivity index (χ0v) is 18.1. The molecule has 1 aromatic rings. The summed E-state index contributed by atoms with van der Waals surface area (Å²) >= 11 is 0. The predicted molar refractivity (Wildman–Crippen MR) is 111 cm³/mol. The fourth-order valence-corrected chi connectivity index (χ4v) is 3.46. The Kier molecular flexibility index (Phi) is 8.13. The molecule has 2 N–H and O–H groups in total. The van der Waals surface area contributed by atoms with Crippen molar-refractivity contribution in [3.63, 3.8) is 0 Å². The molecule has 0 spiro atoms. The Labute approximate surface area is 172 Å². The molecule has 1 aliphatic heterocycles. The number of hydrogen-bond acceptors (Lipinski definition) is 6. The number of nitrogens with one attached hydrogen (secondary N) is 2. The van der Waals surface area contributed by atoms with Crippen LogP contribution in [0, 0.1) is 0 Å². The van der Waals surface area contributed by atoms with Crippen molar-refractivity contribution >= 4 is 11.8 Å². The molecule has 162 valence electrons. The van der Waals surface area contributed by atoms with Gasteiger partial charge in [0.25, 0.3) is 5.91 Å². The van der Waals surface area contributed by atoms with E-state index in [0.717, 1.165) is 13.1 Å². The fraction of sp³-hybridized carbons (Fsp3) is 0.619. The van der Waals surface area contributed by atoms with E-state index in [2.05, 4.69) is 29.4 Å². The van der Waals surface area contributed by atoms with Crippen molar-refractivity contribution < 1.29 is 23.8 Å². The largest absolute Gasteiger partial charge is 0.493 e. The smallest absolute Gasteiger partial charge is 0.251 e. The first-order chi connectivity index (χ1) is 13.8. The summed E-state index contributed by atoms with van der Waals surface area (Å²) in [4.78, 5) is 27.1. The molecule has 0 radical (unpaired) electrons. The molecule has 0 unspecified atom stereocenters. The van der Waals surface area contributed by atoms with Crippen molar-refractivity contribution in [2.24, 2.45) is 0 Å². The summed E-state index contributed by atoms with van der Waals surface area (Å²) in [7, 11) is 4.46. The van der Waals surface area contributed by atoms with Crippen LogP contribution in [-0.2, 0) is 4.79 Å². The first-order valence-electron chi connectivity index (χ1n) is 9.92. The molecule has 0 aliphatic carbocycles. The van der Waals surface area contributed by atoms with Crippen molar-refractivity contribution in [3.8, 4) is 17.2 Å². The minimum Gasteiger partial charge on any atom is -0.493 e. The lowest BCUT2D eigenvalue weighted by atomic mass is 9.98. The maximum Gasteiger partial charge on any atom is 0.251 e. The summed E-state index contributed by atoms with van der Waals surface area (Å²) in [6.07, 6.45) is 3.66. The second-order valence-corrected chi connectivity index (χ2v) is 7.73. The number of ether oxygens (including phenoxy) is 3. The van der Waals surface area contributed by atoms with E-state index in [1.165, 1.54) is 40.6 Å². The van der Waals surface area contributed by atoms with Crippen LogP contribution in [0.4, 0.5) is 0 Å². The third kappa shape index (κ3) is 6.00. The molecule has 1 saturated heterocycles. The molecule has 1 aromatic carbocycles. The van der Waals surface area contributed by atoms with Crippen LogP contribution in [0.5, 0.6) is 17.2 Å². The van der Waals surface area contributed by atoms with Gasteiger partial charge in [-0.1, -0.05) is 6.42 Å². The van der Waals surface area contributed by atoms with Crippen molar-refractivity contribution in [1.29, 1.82) is 0 Å². The topological polar surface area (TPSA) is 89.1 Å². The molecule has 8 nitrogen and oxygen atoms in total. The van der Waals surface area contributed by atoms with Gasteiger partial charge in [0.1, 0.15) is 0 Å². The number of likely N-dealkylation sites (tertiary alicyclic amines) is 1. The monoisotopic (exact) mass is 407 g/mol. The summed E-state index contributed by atoms with van der Waals surface area (Å²) < 4.78 is 15.8. The number of rotatable bonds is 9. The molecule has 1 heterocycles. The quantitative estimate of drug-likeness (QED) is 0.649. The highest BCUT2D eigenvalue weighted by Gasteiger charge is 2.28. The normalized spacial score (nSPS) is 14.8. The van der Waals surface area contributed by atoms with Gasteiger partial charge in [0.15, 0.2) is 11.5 Å². The zero-order chi connectivity index (χ0) is 21.4. The van der Waals surface area contributed by atoms with E-state index in [4.69, 9.17) is 14.2 Å². The second-order valence-electron chi connectivity index (χ2n) is 7.73. The lowest BCUT2D eigenvalue weighted by molar-refractivity contribution is -0.120. The Morgan fingerprint density at radius 2 is 1.55 bits per heavy atom. The van der Waals surface area contributed by atoms with Crippen LogP contribution < -0.4 is 24.8 Å². The molecule has 29 heavy (non-hydrogen) atoms. The van der Waals surface area contributed by atoms with Gasteiger partial charge in [-0.15, -0.1) is 0 Å². The van der Waals surface area contributed by atoms with Gasteiger partial charge >= 0.3 is 0 Å². The number of amides is 2. The molecule has 8 heteroatoms. The lowest BCUT2D eigenvalue weighted by Crippen LogP contribution is -2.54. The Morgan fingerprint density at radius 3 is 2.07 bits per heavy atom. The number of piperidine rings is 1. The molecule has 1 aliphatic rings. The molecule has 0 aromatic heterocycles. The molecular formula is C21H33N3O5. The van der Waals surface area contributed by atoms with Gasteiger partial charge in [0.05, 0.1) is 27.9 Å². The third-order valence-corrected chi connectivity index (χ3v) is 5.27. The summed E-state index contributed by atoms with van der Waals surface area (Å²) in [5.74, 6) is 0.546. The van der Waals surface area contributed by atoms with E-state index in [1.807, 2.05) is 0 Å². The summed E-state index contributed by atoms with van der Waals surface area (Å²) in [5.41, 5.74) is 0.206. The van der Waals surface area contributed by atoms with Crippen LogP contribution in [0.15, 0.2) is 12.1 Å². The van der Waals surface area contributed by atoms with Gasteiger partial charge in [0, 0.05) is 17.6 Å². The Bertz CT molecular complexity index is 689. The van der Waals surface area contributed by atoms with E-state index in [9.17, 15) is 9.59 Å². The number of nitrogens with zero attached hydrogens (tertiary/aromatic N) is 1. The average Bonchev–Trinajstić information content (AvgIpc) is 2.75. The maximum absolute atomic E-state index is 12.5. The van der Waals surface area contributed by atoms with Crippen LogP contribution in [-0.4, -0.2) is 69.8 Å². The Hall–Kier alpha value is -2.48. The van der Waals surface area contributed by atoms with Gasteiger partial charge < -0.3 is 24.8 Å². The number of carbonyl (C=O) groups is 2. The molecule has 2 rings (SSSR count). The first-order valence-corrected chi connectivity index (χ1v) is 9.92. The van der Waals surface area contributed by atoms with Crippen molar-refractivity contribution in [3.05, 3.63) is 17.7 Å². The Balaban J connectivity index is 1.90. The molecular weight excluding hydrogens is 374 g/mol. The van der Waals surface area contributed by atoms with Crippen LogP contribution in [0.1, 0.15) is 43.5 Å². The van der Waals surface area contributed by atoms with Gasteiger partial charge in [-0.2, -0.15) is 0 Å². The lowest BCUT2D eigenvalue weighted by Gasteiger charge is -2.41. The molecule has 2 amide bonds. The zero-order valence-electron chi connectivity index (χ0n) is 18.1. The van der Waals surface area contributed by atoms with E-state index in [0.29, 0.717) is 29.4 Å². The van der Waals surface area contributed by atoms with E-state index in [1.54, 1.807) is 12.1 Å². The van der Waals surface area contributed by atoms with E-state index < -0.39 is 5.91 Å². The van der Waals surface area contributed by atoms with Crippen molar-refractivity contribution in [2.45, 2.75) is 38.6 Å². The number of benzene rings is 1. The van der Waals surface area contributed by atoms with E-state index in [-0.39, 0.29) is 18.0 Å². The summed E-state index contributed by atoms with van der Waals surface area (Å²) in [5, 5.41) is 5.56. The number of methoxy groups -OCH3 is 3. The first kappa shape index (κ1) is 22.8. The summed E-state index contributed by atoms with van der Waals surface area (Å²) in [6.45, 7) is 6.80. The van der Waals surface area contributed by atoms with Crippen LogP contribution in [0.25, 0.3) is 0 Å². The molecule has 0 atom stereocenters. The highest BCUT2D eigenvalue weighted by atomic mass is 16.5. The minimum absolute atomic E-state index is 0.106. The van der Waals surface area contributed by atoms with Crippen molar-refractivity contribution in [2.75, 3.05) is 47.5 Å². The van der Waals surface area contributed by atoms with Crippen LogP contribution >= 0.6 is 0 Å². The molecule has 0 saturated carbocycles. The predicted octanol–water partition coefficient (Wildman–Crippen LogP) is 1.82. The highest BCUT2D eigenvalue weighted by Crippen LogP contribution is 2.38. The van der Waals surface area contributed by atoms with Crippen LogP contribution in [0.3, 0.4) is 0 Å². The van der Waals surface area contributed by atoms with Gasteiger partial charge in [-0.25, -0.2) is 0 Å². The second kappa shape index (κ2) is 10.3. The van der Waals surface area contributed by atoms with Gasteiger partial charge in [-0.05, 0) is 51.9 Å². The fourth-order valence-electron chi connectivity index (χ4n) is 3.46. The number of carbonyl (C=O) groups excluding carboxylic acids is 2. The SMILES string of the molecule is COc1cc(C(=O)NCC(=O)NCC(C)(C)N2CCCCC2)cc(OC)c1OC. The third-order valence-electron chi connectivity index (χ3n) is 5.27. The van der Waals surface area contributed by atoms with Gasteiger partial charge in [0.2, 0.25) is 11.7 Å². The number of hydrogen-bond donors (Lipinski definition) is 2. The average molecular weight is 408 g/mol. The minimum atomic E-state index is -0.394. The van der Waals surface area contributed by atoms with Crippen molar-refractivity contribution in [1.82, 2.24) is 15.5 Å². The standard InChI is InChI=1S/C21H33N3O5/c1-21(2,24-9-7-6-8-10-24)14-23-18(25)13-22-20(26)15-11-16(27-3)19(29-5)17(12-15)28-4/h11-12H,6-10,13-14H2,1-5H3,(H,22,26)(H,23,25). The van der Waals surface area contributed by atoms with E-state index >= 15 is 0 Å². The summed E-state index contributed by atoms with van der Waals surface area (Å²) in [6, 6.07) is 3.10. The van der Waals surface area contributed by atoms with Crippen LogP contribution in [0.2, 0.25) is 0 Å². The highest BCUT2D eigenvalue weighted by molar-refractivity contribution is 5.97. The van der Waals surface area contributed by atoms with Gasteiger partial charge in [-0.3, -0.25) is 14.5 Å². The molecule has 0 bridgehead atoms. The Morgan fingerprint density at radius 1 is 0.966 bits per heavy atom. The maximum atomic E-state index is 12.5. The molecule has 1 fully saturated rings.